The van der Waals surface area contributed by atoms with Gasteiger partial charge in [-0.05, 0) is 0 Å². The van der Waals surface area contributed by atoms with Gasteiger partial charge in [0, 0.05) is 0 Å². The topological polar surface area (TPSA) is 239 Å². The molecule has 144 valence electrons. The molecule has 0 aromatic heterocycles. The SMILES string of the molecule is O=CC(OC(=O)C(=O)[C@H](O)[C@H](O)[C@@H](O)CO)C(O)C(O)C(O)C(=O)O. The third-order valence-corrected chi connectivity index (χ3v) is 3.01. The van der Waals surface area contributed by atoms with Crippen molar-refractivity contribution in [2.45, 2.75) is 42.7 Å². The fraction of sp³-hybridized carbons (Fsp3) is 0.667. The molecule has 0 heterocycles. The van der Waals surface area contributed by atoms with Crippen LogP contribution in [0.25, 0.3) is 0 Å². The molecule has 0 aliphatic heterocycles. The van der Waals surface area contributed by atoms with Gasteiger partial charge in [-0.3, -0.25) is 9.59 Å². The van der Waals surface area contributed by atoms with Gasteiger partial charge in [0.15, 0.2) is 24.6 Å². The molecule has 0 rings (SSSR count). The lowest BCUT2D eigenvalue weighted by atomic mass is 10.0. The lowest BCUT2D eigenvalue weighted by Crippen LogP contribution is -2.51. The van der Waals surface area contributed by atoms with Gasteiger partial charge >= 0.3 is 11.9 Å². The summed E-state index contributed by atoms with van der Waals surface area (Å²) in [7, 11) is 0. The molecule has 0 saturated carbocycles. The van der Waals surface area contributed by atoms with Crippen LogP contribution in [0.4, 0.5) is 0 Å². The number of aliphatic carboxylic acids is 1. The van der Waals surface area contributed by atoms with Crippen molar-refractivity contribution in [1.29, 1.82) is 0 Å². The van der Waals surface area contributed by atoms with E-state index in [0.29, 0.717) is 0 Å². The summed E-state index contributed by atoms with van der Waals surface area (Å²) < 4.78 is 4.17. The molecule has 0 fully saturated rings. The summed E-state index contributed by atoms with van der Waals surface area (Å²) in [5, 5.41) is 72.6. The molecule has 13 nitrogen and oxygen atoms in total. The summed E-state index contributed by atoms with van der Waals surface area (Å²) in [5.74, 6) is -5.81. The molecule has 0 amide bonds. The van der Waals surface area contributed by atoms with Gasteiger partial charge in [0.2, 0.25) is 0 Å². The lowest BCUT2D eigenvalue weighted by Gasteiger charge is -2.25. The van der Waals surface area contributed by atoms with Crippen LogP contribution in [0.2, 0.25) is 0 Å². The Bertz CT molecular complexity index is 491. The van der Waals surface area contributed by atoms with Crippen LogP contribution in [0.1, 0.15) is 0 Å². The highest BCUT2D eigenvalue weighted by atomic mass is 16.6. The Morgan fingerprint density at radius 1 is 0.880 bits per heavy atom. The Balaban J connectivity index is 5.01. The minimum Gasteiger partial charge on any atom is -0.479 e. The summed E-state index contributed by atoms with van der Waals surface area (Å²) in [6, 6.07) is 0. The Labute approximate surface area is 139 Å². The minimum absolute atomic E-state index is 0.293. The number of ketones is 1. The van der Waals surface area contributed by atoms with Gasteiger partial charge in [-0.2, -0.15) is 0 Å². The molecule has 0 bridgehead atoms. The maximum Gasteiger partial charge on any atom is 0.378 e. The molecule has 8 N–H and O–H groups in total. The number of rotatable bonds is 11. The van der Waals surface area contributed by atoms with Crippen LogP contribution in [0, 0.1) is 0 Å². The smallest absolute Gasteiger partial charge is 0.378 e. The van der Waals surface area contributed by atoms with E-state index in [1.807, 2.05) is 0 Å². The zero-order chi connectivity index (χ0) is 19.9. The number of carboxylic acids is 1. The van der Waals surface area contributed by atoms with E-state index < -0.39 is 67.1 Å². The number of carboxylic acid groups (broad SMARTS) is 1. The van der Waals surface area contributed by atoms with E-state index in [1.54, 1.807) is 0 Å². The van der Waals surface area contributed by atoms with Crippen molar-refractivity contribution in [2.24, 2.45) is 0 Å². The molecule has 7 atom stereocenters. The number of Topliss-reactive ketones (excluding diaryl/α,β-unsaturated/α-hetero) is 1. The molecule has 0 aliphatic carbocycles. The molecule has 0 spiro atoms. The van der Waals surface area contributed by atoms with Gasteiger partial charge < -0.3 is 45.6 Å². The standard InChI is InChI=1S/C12H18O13/c13-1-3(15)5(16)7(18)10(21)12(24)25-4(2-14)6(17)8(19)9(20)11(22)23/h2-9,13,15-20H,1H2,(H,22,23)/t3-,4?,5+,6?,7+,8?,9?/m0/s1. The molecule has 25 heavy (non-hydrogen) atoms. The van der Waals surface area contributed by atoms with Crippen LogP contribution in [-0.2, 0) is 23.9 Å². The first kappa shape index (κ1) is 23.0. The van der Waals surface area contributed by atoms with Crippen molar-refractivity contribution in [1.82, 2.24) is 0 Å². The highest BCUT2D eigenvalue weighted by Crippen LogP contribution is 2.10. The van der Waals surface area contributed by atoms with E-state index >= 15 is 0 Å². The minimum atomic E-state index is -2.55. The van der Waals surface area contributed by atoms with Crippen molar-refractivity contribution in [2.75, 3.05) is 6.61 Å². The zero-order valence-electron chi connectivity index (χ0n) is 12.4. The average Bonchev–Trinajstić information content (AvgIpc) is 2.60. The van der Waals surface area contributed by atoms with Crippen LogP contribution < -0.4 is 0 Å². The normalized spacial score (nSPS) is 19.6. The molecule has 4 unspecified atom stereocenters. The van der Waals surface area contributed by atoms with Crippen molar-refractivity contribution >= 4 is 24.0 Å². The maximum atomic E-state index is 11.5. The molecule has 0 aromatic rings. The quantitative estimate of drug-likeness (QED) is 0.0960. The summed E-state index contributed by atoms with van der Waals surface area (Å²) in [6.07, 6.45) is -16.8. The van der Waals surface area contributed by atoms with Gasteiger partial charge in [0.25, 0.3) is 5.78 Å². The molecular weight excluding hydrogens is 352 g/mol. The van der Waals surface area contributed by atoms with Gasteiger partial charge in [0.1, 0.15) is 24.4 Å². The van der Waals surface area contributed by atoms with E-state index in [4.69, 9.17) is 20.4 Å². The number of esters is 1. The fourth-order valence-corrected chi connectivity index (χ4v) is 1.48. The first-order chi connectivity index (χ1) is 11.5. The van der Waals surface area contributed by atoms with Crippen molar-refractivity contribution in [3.8, 4) is 0 Å². The van der Waals surface area contributed by atoms with Crippen LogP contribution >= 0.6 is 0 Å². The molecule has 0 aliphatic rings. The second-order valence-corrected chi connectivity index (χ2v) is 4.82. The number of aliphatic hydroxyl groups excluding tert-OH is 7. The molecule has 0 radical (unpaired) electrons. The largest absolute Gasteiger partial charge is 0.479 e. The summed E-state index contributed by atoms with van der Waals surface area (Å²) in [6.45, 7) is -1.06. The van der Waals surface area contributed by atoms with Gasteiger partial charge in [0.05, 0.1) is 6.61 Å². The molecule has 0 aromatic carbocycles. The van der Waals surface area contributed by atoms with Gasteiger partial charge in [-0.1, -0.05) is 0 Å². The highest BCUT2D eigenvalue weighted by Gasteiger charge is 2.40. The molecule has 13 heteroatoms. The first-order valence-electron chi connectivity index (χ1n) is 6.61. The van der Waals surface area contributed by atoms with E-state index in [9.17, 15) is 39.6 Å². The number of hydrogen-bond donors (Lipinski definition) is 8. The highest BCUT2D eigenvalue weighted by molar-refractivity contribution is 6.35. The van der Waals surface area contributed by atoms with Crippen molar-refractivity contribution in [3.63, 3.8) is 0 Å². The monoisotopic (exact) mass is 370 g/mol. The van der Waals surface area contributed by atoms with Crippen LogP contribution in [0.3, 0.4) is 0 Å². The van der Waals surface area contributed by atoms with E-state index in [1.165, 1.54) is 0 Å². The average molecular weight is 370 g/mol. The number of aliphatic hydroxyl groups is 7. The second kappa shape index (κ2) is 10.1. The predicted molar refractivity (Wildman–Crippen MR) is 71.7 cm³/mol. The third-order valence-electron chi connectivity index (χ3n) is 3.01. The first-order valence-corrected chi connectivity index (χ1v) is 6.61. The number of carbonyl (C=O) groups excluding carboxylic acids is 3. The number of aldehydes is 1. The third kappa shape index (κ3) is 6.09. The fourth-order valence-electron chi connectivity index (χ4n) is 1.48. The van der Waals surface area contributed by atoms with Gasteiger partial charge in [-0.25, -0.2) is 9.59 Å². The summed E-state index contributed by atoms with van der Waals surface area (Å²) >= 11 is 0. The maximum absolute atomic E-state index is 11.5. The van der Waals surface area contributed by atoms with E-state index in [-0.39, 0.29) is 6.29 Å². The van der Waals surface area contributed by atoms with Crippen LogP contribution in [-0.4, -0.2) is 114 Å². The van der Waals surface area contributed by atoms with Crippen molar-refractivity contribution in [3.05, 3.63) is 0 Å². The summed E-state index contributed by atoms with van der Waals surface area (Å²) in [4.78, 5) is 44.2. The van der Waals surface area contributed by atoms with E-state index in [2.05, 4.69) is 4.74 Å². The Hall–Kier alpha value is -2.00. The number of hydrogen-bond acceptors (Lipinski definition) is 12. The van der Waals surface area contributed by atoms with Gasteiger partial charge in [-0.15, -0.1) is 0 Å². The Morgan fingerprint density at radius 3 is 1.80 bits per heavy atom. The summed E-state index contributed by atoms with van der Waals surface area (Å²) in [5.41, 5.74) is 0. The number of ether oxygens (including phenoxy) is 1. The lowest BCUT2D eigenvalue weighted by molar-refractivity contribution is -0.179. The number of carbonyl (C=O) groups is 4. The van der Waals surface area contributed by atoms with E-state index in [0.717, 1.165) is 0 Å². The van der Waals surface area contributed by atoms with Crippen LogP contribution in [0.5, 0.6) is 0 Å². The molecule has 0 saturated heterocycles. The Morgan fingerprint density at radius 2 is 1.40 bits per heavy atom. The molecular formula is C12H18O13. The van der Waals surface area contributed by atoms with Crippen LogP contribution in [0.15, 0.2) is 0 Å². The predicted octanol–water partition coefficient (Wildman–Crippen LogP) is -6.09. The Kier molecular flexibility index (Phi) is 9.29. The zero-order valence-corrected chi connectivity index (χ0v) is 12.4. The van der Waals surface area contributed by atoms with Crippen molar-refractivity contribution < 1.29 is 64.8 Å². The second-order valence-electron chi connectivity index (χ2n) is 4.82.